The predicted octanol–water partition coefficient (Wildman–Crippen LogP) is 3.14. The van der Waals surface area contributed by atoms with Gasteiger partial charge in [0.15, 0.2) is 0 Å². The van der Waals surface area contributed by atoms with E-state index in [1.807, 2.05) is 20.8 Å². The first-order valence-electron chi connectivity index (χ1n) is 5.26. The molecule has 3 nitrogen and oxygen atoms in total. The Hall–Kier alpha value is -1.33. The van der Waals surface area contributed by atoms with Gasteiger partial charge >= 0.3 is 6.18 Å². The maximum Gasteiger partial charge on any atom is 0.408 e. The molecule has 0 saturated carbocycles. The third-order valence-corrected chi connectivity index (χ3v) is 2.35. The van der Waals surface area contributed by atoms with Gasteiger partial charge in [-0.15, -0.1) is 0 Å². The summed E-state index contributed by atoms with van der Waals surface area (Å²) in [6.07, 6.45) is -1.22. The normalized spacial score (nSPS) is 14.5. The van der Waals surface area contributed by atoms with Crippen LogP contribution in [0.25, 0.3) is 0 Å². The molecule has 0 aliphatic heterocycles. The van der Waals surface area contributed by atoms with E-state index in [1.54, 1.807) is 12.4 Å². The SMILES string of the molecule is C[C@H](Nc1ncc(C(C)(C)C)cn1)C(F)(F)F. The summed E-state index contributed by atoms with van der Waals surface area (Å²) in [6, 6.07) is -1.66. The fraction of sp³-hybridized carbons (Fsp3) is 0.636. The van der Waals surface area contributed by atoms with Crippen LogP contribution in [0.3, 0.4) is 0 Å². The van der Waals surface area contributed by atoms with Crippen molar-refractivity contribution in [2.45, 2.75) is 45.3 Å². The van der Waals surface area contributed by atoms with Crippen molar-refractivity contribution in [2.75, 3.05) is 5.32 Å². The van der Waals surface area contributed by atoms with Crippen LogP contribution < -0.4 is 5.32 Å². The molecular weight excluding hydrogens is 231 g/mol. The van der Waals surface area contributed by atoms with E-state index in [1.165, 1.54) is 0 Å². The maximum atomic E-state index is 12.3. The molecule has 1 rings (SSSR count). The van der Waals surface area contributed by atoms with Crippen molar-refractivity contribution in [3.8, 4) is 0 Å². The lowest BCUT2D eigenvalue weighted by Gasteiger charge is -2.19. The topological polar surface area (TPSA) is 37.8 Å². The summed E-state index contributed by atoms with van der Waals surface area (Å²) in [5.74, 6) is -0.0113. The zero-order valence-corrected chi connectivity index (χ0v) is 10.3. The lowest BCUT2D eigenvalue weighted by molar-refractivity contribution is -0.138. The number of nitrogens with one attached hydrogen (secondary N) is 1. The molecule has 6 heteroatoms. The summed E-state index contributed by atoms with van der Waals surface area (Å²) in [4.78, 5) is 7.75. The fourth-order valence-electron chi connectivity index (χ4n) is 1.07. The van der Waals surface area contributed by atoms with Gasteiger partial charge in [0.2, 0.25) is 5.95 Å². The van der Waals surface area contributed by atoms with Gasteiger partial charge in [0, 0.05) is 12.4 Å². The molecule has 0 amide bonds. The minimum Gasteiger partial charge on any atom is -0.343 e. The first-order valence-corrected chi connectivity index (χ1v) is 5.26. The first kappa shape index (κ1) is 13.7. The monoisotopic (exact) mass is 247 g/mol. The van der Waals surface area contributed by atoms with Gasteiger partial charge in [0.05, 0.1) is 0 Å². The first-order chi connectivity index (χ1) is 7.60. The average Bonchev–Trinajstić information content (AvgIpc) is 2.15. The van der Waals surface area contributed by atoms with E-state index in [4.69, 9.17) is 0 Å². The lowest BCUT2D eigenvalue weighted by atomic mass is 9.89. The smallest absolute Gasteiger partial charge is 0.343 e. The van der Waals surface area contributed by atoms with Crippen molar-refractivity contribution in [3.05, 3.63) is 18.0 Å². The fourth-order valence-corrected chi connectivity index (χ4v) is 1.07. The van der Waals surface area contributed by atoms with E-state index in [0.717, 1.165) is 12.5 Å². The molecular formula is C11H16F3N3. The predicted molar refractivity (Wildman–Crippen MR) is 59.9 cm³/mol. The van der Waals surface area contributed by atoms with E-state index in [-0.39, 0.29) is 11.4 Å². The number of hydrogen-bond donors (Lipinski definition) is 1. The van der Waals surface area contributed by atoms with Crippen LogP contribution in [0, 0.1) is 0 Å². The second-order valence-corrected chi connectivity index (χ2v) is 4.95. The number of anilines is 1. The summed E-state index contributed by atoms with van der Waals surface area (Å²) in [5, 5.41) is 2.21. The third-order valence-electron chi connectivity index (χ3n) is 2.35. The van der Waals surface area contributed by atoms with Crippen LogP contribution in [0.5, 0.6) is 0 Å². The number of rotatable bonds is 2. The molecule has 0 bridgehead atoms. The molecule has 1 aromatic rings. The number of hydrogen-bond acceptors (Lipinski definition) is 3. The molecule has 0 aliphatic rings. The largest absolute Gasteiger partial charge is 0.408 e. The minimum absolute atomic E-state index is 0.0113. The molecule has 0 unspecified atom stereocenters. The molecule has 0 aromatic carbocycles. The standard InChI is InChI=1S/C11H16F3N3/c1-7(11(12,13)14)17-9-15-5-8(6-16-9)10(2,3)4/h5-7H,1-4H3,(H,15,16,17)/t7-/m0/s1. The summed E-state index contributed by atoms with van der Waals surface area (Å²) in [7, 11) is 0. The van der Waals surface area contributed by atoms with Crippen molar-refractivity contribution in [1.82, 2.24) is 9.97 Å². The summed E-state index contributed by atoms with van der Waals surface area (Å²) >= 11 is 0. The quantitative estimate of drug-likeness (QED) is 0.872. The molecule has 1 N–H and O–H groups in total. The van der Waals surface area contributed by atoms with Crippen LogP contribution in [0.1, 0.15) is 33.3 Å². The third kappa shape index (κ3) is 3.87. The number of alkyl halides is 3. The average molecular weight is 247 g/mol. The zero-order valence-electron chi connectivity index (χ0n) is 10.3. The molecule has 0 radical (unpaired) electrons. The van der Waals surface area contributed by atoms with Crippen molar-refractivity contribution in [2.24, 2.45) is 0 Å². The van der Waals surface area contributed by atoms with Crippen molar-refractivity contribution >= 4 is 5.95 Å². The minimum atomic E-state index is -4.30. The molecule has 96 valence electrons. The number of aromatic nitrogens is 2. The highest BCUT2D eigenvalue weighted by atomic mass is 19.4. The zero-order chi connectivity index (χ0) is 13.3. The Morgan fingerprint density at radius 3 is 1.94 bits per heavy atom. The Balaban J connectivity index is 2.76. The molecule has 0 saturated heterocycles. The van der Waals surface area contributed by atoms with E-state index >= 15 is 0 Å². The van der Waals surface area contributed by atoms with Gasteiger partial charge in [-0.2, -0.15) is 13.2 Å². The second kappa shape index (κ2) is 4.50. The molecule has 1 aromatic heterocycles. The van der Waals surface area contributed by atoms with Gasteiger partial charge in [-0.1, -0.05) is 20.8 Å². The molecule has 0 fully saturated rings. The van der Waals surface area contributed by atoms with Crippen molar-refractivity contribution < 1.29 is 13.2 Å². The summed E-state index contributed by atoms with van der Waals surface area (Å²) in [6.45, 7) is 6.98. The molecule has 0 spiro atoms. The van der Waals surface area contributed by atoms with E-state index in [0.29, 0.717) is 0 Å². The maximum absolute atomic E-state index is 12.3. The molecule has 1 heterocycles. The Kier molecular flexibility index (Phi) is 3.64. The van der Waals surface area contributed by atoms with Gasteiger partial charge in [-0.05, 0) is 17.9 Å². The van der Waals surface area contributed by atoms with Crippen LogP contribution in [-0.4, -0.2) is 22.2 Å². The highest BCUT2D eigenvalue weighted by Crippen LogP contribution is 2.23. The van der Waals surface area contributed by atoms with Gasteiger partial charge < -0.3 is 5.32 Å². The van der Waals surface area contributed by atoms with Crippen molar-refractivity contribution in [3.63, 3.8) is 0 Å². The Morgan fingerprint density at radius 2 is 1.59 bits per heavy atom. The number of halogens is 3. The highest BCUT2D eigenvalue weighted by molar-refractivity contribution is 5.28. The highest BCUT2D eigenvalue weighted by Gasteiger charge is 2.36. The van der Waals surface area contributed by atoms with E-state index < -0.39 is 12.2 Å². The van der Waals surface area contributed by atoms with Gasteiger partial charge in [0.1, 0.15) is 6.04 Å². The van der Waals surface area contributed by atoms with Gasteiger partial charge in [0.25, 0.3) is 0 Å². The summed E-state index contributed by atoms with van der Waals surface area (Å²) in [5.41, 5.74) is 0.761. The molecule has 17 heavy (non-hydrogen) atoms. The number of nitrogens with zero attached hydrogens (tertiary/aromatic N) is 2. The van der Waals surface area contributed by atoms with Gasteiger partial charge in [-0.25, -0.2) is 9.97 Å². The Bertz CT molecular complexity index is 365. The Labute approximate surface area is 98.5 Å². The van der Waals surface area contributed by atoms with Crippen molar-refractivity contribution in [1.29, 1.82) is 0 Å². The van der Waals surface area contributed by atoms with E-state index in [9.17, 15) is 13.2 Å². The molecule has 0 aliphatic carbocycles. The van der Waals surface area contributed by atoms with E-state index in [2.05, 4.69) is 15.3 Å². The Morgan fingerprint density at radius 1 is 1.12 bits per heavy atom. The molecule has 1 atom stereocenters. The van der Waals surface area contributed by atoms with Crippen LogP contribution >= 0.6 is 0 Å². The van der Waals surface area contributed by atoms with Crippen LogP contribution in [-0.2, 0) is 5.41 Å². The van der Waals surface area contributed by atoms with Gasteiger partial charge in [-0.3, -0.25) is 0 Å². The second-order valence-electron chi connectivity index (χ2n) is 4.95. The lowest BCUT2D eigenvalue weighted by Crippen LogP contribution is -2.33. The van der Waals surface area contributed by atoms with Crippen LogP contribution in [0.4, 0.5) is 19.1 Å². The summed E-state index contributed by atoms with van der Waals surface area (Å²) < 4.78 is 36.9. The van der Waals surface area contributed by atoms with Crippen LogP contribution in [0.2, 0.25) is 0 Å². The van der Waals surface area contributed by atoms with Crippen LogP contribution in [0.15, 0.2) is 12.4 Å².